The van der Waals surface area contributed by atoms with Crippen molar-refractivity contribution in [1.82, 2.24) is 0 Å². The van der Waals surface area contributed by atoms with Crippen LogP contribution in [-0.2, 0) is 0 Å². The second-order valence-electron chi connectivity index (χ2n) is 3.68. The van der Waals surface area contributed by atoms with Crippen molar-refractivity contribution in [2.45, 2.75) is 6.92 Å². The highest BCUT2D eigenvalue weighted by Crippen LogP contribution is 2.27. The lowest BCUT2D eigenvalue weighted by Gasteiger charge is -2.12. The Bertz CT molecular complexity index is 497. The van der Waals surface area contributed by atoms with E-state index >= 15 is 0 Å². The Morgan fingerprint density at radius 2 is 1.94 bits per heavy atom. The van der Waals surface area contributed by atoms with E-state index in [1.807, 2.05) is 55.5 Å². The van der Waals surface area contributed by atoms with Crippen molar-refractivity contribution >= 4 is 17.1 Å². The summed E-state index contributed by atoms with van der Waals surface area (Å²) in [6.45, 7) is 2.62. The molecule has 0 bridgehead atoms. The summed E-state index contributed by atoms with van der Waals surface area (Å²) in [6, 6.07) is 15.5. The lowest BCUT2D eigenvalue weighted by atomic mass is 10.2. The average molecular weight is 228 g/mol. The molecule has 2 rings (SSSR count). The molecule has 0 amide bonds. The van der Waals surface area contributed by atoms with Crippen molar-refractivity contribution in [2.24, 2.45) is 0 Å². The highest BCUT2D eigenvalue weighted by molar-refractivity contribution is 5.68. The first-order valence-electron chi connectivity index (χ1n) is 5.64. The molecule has 2 aromatic rings. The van der Waals surface area contributed by atoms with Gasteiger partial charge in [0.05, 0.1) is 12.3 Å². The van der Waals surface area contributed by atoms with E-state index < -0.39 is 0 Å². The van der Waals surface area contributed by atoms with Crippen molar-refractivity contribution in [3.63, 3.8) is 0 Å². The first-order valence-corrected chi connectivity index (χ1v) is 5.64. The number of hydrogen-bond acceptors (Lipinski definition) is 3. The monoisotopic (exact) mass is 228 g/mol. The molecule has 0 aliphatic heterocycles. The maximum atomic E-state index is 5.74. The molecule has 88 valence electrons. The van der Waals surface area contributed by atoms with Crippen LogP contribution in [0.5, 0.6) is 5.75 Å². The number of anilines is 3. The Hall–Kier alpha value is -2.16. The van der Waals surface area contributed by atoms with Crippen LogP contribution >= 0.6 is 0 Å². The van der Waals surface area contributed by atoms with Crippen molar-refractivity contribution in [2.75, 3.05) is 17.7 Å². The summed E-state index contributed by atoms with van der Waals surface area (Å²) < 4.78 is 5.55. The zero-order valence-electron chi connectivity index (χ0n) is 9.81. The van der Waals surface area contributed by atoms with Crippen molar-refractivity contribution in [3.8, 4) is 5.75 Å². The summed E-state index contributed by atoms with van der Waals surface area (Å²) in [5, 5.41) is 3.29. The molecule has 0 heterocycles. The van der Waals surface area contributed by atoms with Crippen LogP contribution in [0.2, 0.25) is 0 Å². The molecule has 0 fully saturated rings. The normalized spacial score (nSPS) is 9.94. The van der Waals surface area contributed by atoms with Gasteiger partial charge in [-0.25, -0.2) is 0 Å². The predicted octanol–water partition coefficient (Wildman–Crippen LogP) is 3.41. The topological polar surface area (TPSA) is 47.3 Å². The highest BCUT2D eigenvalue weighted by atomic mass is 16.5. The number of nitrogens with one attached hydrogen (secondary N) is 1. The van der Waals surface area contributed by atoms with Gasteiger partial charge in [-0.15, -0.1) is 0 Å². The summed E-state index contributed by atoms with van der Waals surface area (Å²) >= 11 is 0. The lowest BCUT2D eigenvalue weighted by Crippen LogP contribution is -1.97. The van der Waals surface area contributed by atoms with Crippen LogP contribution in [0.15, 0.2) is 48.5 Å². The maximum Gasteiger partial charge on any atom is 0.142 e. The minimum Gasteiger partial charge on any atom is -0.492 e. The van der Waals surface area contributed by atoms with Crippen LogP contribution in [-0.4, -0.2) is 6.61 Å². The molecular formula is C14H16N2O. The molecule has 3 N–H and O–H groups in total. The SMILES string of the molecule is CCOc1ccccc1Nc1cccc(N)c1. The van der Waals surface area contributed by atoms with E-state index in [4.69, 9.17) is 10.5 Å². The minimum absolute atomic E-state index is 0.648. The van der Waals surface area contributed by atoms with Crippen LogP contribution < -0.4 is 15.8 Å². The van der Waals surface area contributed by atoms with E-state index in [-0.39, 0.29) is 0 Å². The number of nitrogen functional groups attached to an aromatic ring is 1. The first-order chi connectivity index (χ1) is 8.29. The number of hydrogen-bond donors (Lipinski definition) is 2. The van der Waals surface area contributed by atoms with E-state index in [2.05, 4.69) is 5.32 Å². The quantitative estimate of drug-likeness (QED) is 0.788. The van der Waals surface area contributed by atoms with Gasteiger partial charge in [0, 0.05) is 11.4 Å². The zero-order valence-corrected chi connectivity index (χ0v) is 9.81. The van der Waals surface area contributed by atoms with Crippen LogP contribution in [0.4, 0.5) is 17.1 Å². The van der Waals surface area contributed by atoms with E-state index in [1.165, 1.54) is 0 Å². The summed E-state index contributed by atoms with van der Waals surface area (Å²) in [6.07, 6.45) is 0. The molecule has 0 atom stereocenters. The molecule has 0 aliphatic carbocycles. The molecule has 0 aliphatic rings. The number of para-hydroxylation sites is 2. The van der Waals surface area contributed by atoms with Crippen molar-refractivity contribution in [3.05, 3.63) is 48.5 Å². The predicted molar refractivity (Wildman–Crippen MR) is 71.7 cm³/mol. The molecule has 0 radical (unpaired) electrons. The fourth-order valence-electron chi connectivity index (χ4n) is 1.62. The molecule has 0 unspecified atom stereocenters. The van der Waals surface area contributed by atoms with Gasteiger partial charge < -0.3 is 15.8 Å². The van der Waals surface area contributed by atoms with Crippen LogP contribution in [0, 0.1) is 0 Å². The van der Waals surface area contributed by atoms with Crippen LogP contribution in [0.3, 0.4) is 0 Å². The van der Waals surface area contributed by atoms with Gasteiger partial charge in [-0.1, -0.05) is 18.2 Å². The number of ether oxygens (including phenoxy) is 1. The Labute approximate surface area is 101 Å². The van der Waals surface area contributed by atoms with E-state index in [9.17, 15) is 0 Å². The third-order valence-corrected chi connectivity index (χ3v) is 2.35. The van der Waals surface area contributed by atoms with E-state index in [1.54, 1.807) is 0 Å². The number of benzene rings is 2. The molecule has 3 nitrogen and oxygen atoms in total. The van der Waals surface area contributed by atoms with Crippen LogP contribution in [0.25, 0.3) is 0 Å². The largest absolute Gasteiger partial charge is 0.492 e. The smallest absolute Gasteiger partial charge is 0.142 e. The third-order valence-electron chi connectivity index (χ3n) is 2.35. The van der Waals surface area contributed by atoms with Gasteiger partial charge in [-0.05, 0) is 37.3 Å². The van der Waals surface area contributed by atoms with E-state index in [0.29, 0.717) is 6.61 Å². The third kappa shape index (κ3) is 2.91. The first kappa shape index (κ1) is 11.3. The van der Waals surface area contributed by atoms with Gasteiger partial charge >= 0.3 is 0 Å². The summed E-state index contributed by atoms with van der Waals surface area (Å²) in [5.41, 5.74) is 8.38. The molecule has 0 aromatic heterocycles. The molecular weight excluding hydrogens is 212 g/mol. The lowest BCUT2D eigenvalue weighted by molar-refractivity contribution is 0.342. The average Bonchev–Trinajstić information content (AvgIpc) is 2.32. The van der Waals surface area contributed by atoms with Crippen LogP contribution in [0.1, 0.15) is 6.92 Å². The second-order valence-corrected chi connectivity index (χ2v) is 3.68. The molecule has 0 saturated heterocycles. The Kier molecular flexibility index (Phi) is 3.50. The summed E-state index contributed by atoms with van der Waals surface area (Å²) in [4.78, 5) is 0. The van der Waals surface area contributed by atoms with Gasteiger partial charge in [0.1, 0.15) is 5.75 Å². The van der Waals surface area contributed by atoms with E-state index in [0.717, 1.165) is 22.8 Å². The van der Waals surface area contributed by atoms with Gasteiger partial charge in [0.15, 0.2) is 0 Å². The molecule has 17 heavy (non-hydrogen) atoms. The van der Waals surface area contributed by atoms with Gasteiger partial charge in [-0.3, -0.25) is 0 Å². The maximum absolute atomic E-state index is 5.74. The summed E-state index contributed by atoms with van der Waals surface area (Å²) in [7, 11) is 0. The summed E-state index contributed by atoms with van der Waals surface area (Å²) in [5.74, 6) is 0.845. The molecule has 3 heteroatoms. The van der Waals surface area contributed by atoms with Crippen molar-refractivity contribution in [1.29, 1.82) is 0 Å². The standard InChI is InChI=1S/C14H16N2O/c1-2-17-14-9-4-3-8-13(14)16-12-7-5-6-11(15)10-12/h3-10,16H,2,15H2,1H3. The second kappa shape index (κ2) is 5.25. The molecule has 0 saturated carbocycles. The van der Waals surface area contributed by atoms with Crippen molar-refractivity contribution < 1.29 is 4.74 Å². The molecule has 2 aromatic carbocycles. The highest BCUT2D eigenvalue weighted by Gasteiger charge is 2.02. The van der Waals surface area contributed by atoms with Gasteiger partial charge in [-0.2, -0.15) is 0 Å². The molecule has 0 spiro atoms. The Morgan fingerprint density at radius 3 is 2.71 bits per heavy atom. The fraction of sp³-hybridized carbons (Fsp3) is 0.143. The van der Waals surface area contributed by atoms with Gasteiger partial charge in [0.25, 0.3) is 0 Å². The van der Waals surface area contributed by atoms with Gasteiger partial charge in [0.2, 0.25) is 0 Å². The fourth-order valence-corrected chi connectivity index (χ4v) is 1.62. The number of rotatable bonds is 4. The minimum atomic E-state index is 0.648. The Balaban J connectivity index is 2.23. The zero-order chi connectivity index (χ0) is 12.1. The number of nitrogens with two attached hydrogens (primary N) is 1. The Morgan fingerprint density at radius 1 is 1.12 bits per heavy atom.